The van der Waals surface area contributed by atoms with Gasteiger partial charge in [0.25, 0.3) is 0 Å². The van der Waals surface area contributed by atoms with Crippen LogP contribution < -0.4 is 5.32 Å². The summed E-state index contributed by atoms with van der Waals surface area (Å²) in [4.78, 5) is 1.53. The normalized spacial score (nSPS) is 25.0. The molecule has 0 amide bonds. The summed E-state index contributed by atoms with van der Waals surface area (Å²) in [5, 5.41) is 4.82. The number of allylic oxidation sites excluding steroid dienone is 1. The van der Waals surface area contributed by atoms with Crippen LogP contribution in [0.4, 0.5) is 0 Å². The number of likely N-dealkylation sites (N-methyl/N-ethyl adjacent to an activating group) is 1. The van der Waals surface area contributed by atoms with Crippen LogP contribution in [-0.4, -0.2) is 13.6 Å². The van der Waals surface area contributed by atoms with Crippen LogP contribution in [0.3, 0.4) is 0 Å². The van der Waals surface area contributed by atoms with Gasteiger partial charge in [0.15, 0.2) is 0 Å². The van der Waals surface area contributed by atoms with Gasteiger partial charge in [-0.3, -0.25) is 0 Å². The molecular weight excluding hydrogens is 274 g/mol. The van der Waals surface area contributed by atoms with Gasteiger partial charge >= 0.3 is 0 Å². The van der Waals surface area contributed by atoms with Crippen LogP contribution >= 0.6 is 11.3 Å². The smallest absolute Gasteiger partial charge is 0.0349 e. The zero-order valence-electron chi connectivity index (χ0n) is 12.9. The van der Waals surface area contributed by atoms with Gasteiger partial charge in [0, 0.05) is 16.1 Å². The largest absolute Gasteiger partial charge is 0.316 e. The Bertz CT molecular complexity index is 709. The number of rotatable bonds is 3. The topological polar surface area (TPSA) is 12.0 Å². The van der Waals surface area contributed by atoms with E-state index >= 15 is 0 Å². The van der Waals surface area contributed by atoms with Gasteiger partial charge in [0.2, 0.25) is 0 Å². The molecule has 2 bridgehead atoms. The number of thiophene rings is 1. The number of hydrogen-bond donors (Lipinski definition) is 1. The van der Waals surface area contributed by atoms with E-state index in [4.69, 9.17) is 0 Å². The summed E-state index contributed by atoms with van der Waals surface area (Å²) in [7, 11) is 2.08. The van der Waals surface area contributed by atoms with Crippen LogP contribution in [0.2, 0.25) is 0 Å². The standard InChI is InChI=1S/C19H23NS/c1-12-3-6-17-15(7-12)10-18(21-17)19-14-5-4-13(8-14)9-16(19)11-20-2/h3,6-7,10,13-14,20H,4-5,8-9,11H2,1-2H3. The molecule has 1 fully saturated rings. The van der Waals surface area contributed by atoms with Crippen molar-refractivity contribution in [3.05, 3.63) is 40.3 Å². The highest BCUT2D eigenvalue weighted by molar-refractivity contribution is 7.20. The van der Waals surface area contributed by atoms with E-state index < -0.39 is 0 Å². The molecule has 1 nitrogen and oxygen atoms in total. The van der Waals surface area contributed by atoms with Crippen molar-refractivity contribution in [2.45, 2.75) is 32.6 Å². The third-order valence-corrected chi connectivity index (χ3v) is 6.34. The van der Waals surface area contributed by atoms with Crippen LogP contribution in [0.15, 0.2) is 29.8 Å². The summed E-state index contributed by atoms with van der Waals surface area (Å²) in [5.74, 6) is 1.78. The fourth-order valence-corrected chi connectivity index (χ4v) is 5.54. The third kappa shape index (κ3) is 2.35. The molecule has 2 aliphatic rings. The van der Waals surface area contributed by atoms with Crippen molar-refractivity contribution in [3.63, 3.8) is 0 Å². The molecular formula is C19H23NS. The van der Waals surface area contributed by atoms with Crippen molar-refractivity contribution in [2.75, 3.05) is 13.6 Å². The van der Waals surface area contributed by atoms with Crippen LogP contribution in [0.25, 0.3) is 15.7 Å². The Morgan fingerprint density at radius 1 is 1.24 bits per heavy atom. The molecule has 2 atom stereocenters. The molecule has 2 unspecified atom stereocenters. The quantitative estimate of drug-likeness (QED) is 0.840. The lowest BCUT2D eigenvalue weighted by atomic mass is 9.82. The van der Waals surface area contributed by atoms with Gasteiger partial charge in [-0.1, -0.05) is 23.3 Å². The van der Waals surface area contributed by atoms with Crippen molar-refractivity contribution < 1.29 is 0 Å². The minimum atomic E-state index is 0.821. The minimum absolute atomic E-state index is 0.821. The SMILES string of the molecule is CNCC1=C(c2cc3cc(C)ccc3s2)C2CCC(C1)C2. The molecule has 0 saturated heterocycles. The van der Waals surface area contributed by atoms with E-state index in [0.717, 1.165) is 18.4 Å². The summed E-state index contributed by atoms with van der Waals surface area (Å²) in [5.41, 5.74) is 4.73. The summed E-state index contributed by atoms with van der Waals surface area (Å²) in [6.45, 7) is 3.25. The maximum atomic E-state index is 3.40. The number of hydrogen-bond acceptors (Lipinski definition) is 2. The highest BCUT2D eigenvalue weighted by Gasteiger charge is 2.35. The van der Waals surface area contributed by atoms with Gasteiger partial charge in [-0.05, 0) is 74.6 Å². The fourth-order valence-electron chi connectivity index (χ4n) is 4.32. The van der Waals surface area contributed by atoms with Gasteiger partial charge in [0.05, 0.1) is 0 Å². The molecule has 110 valence electrons. The van der Waals surface area contributed by atoms with E-state index in [1.165, 1.54) is 46.2 Å². The van der Waals surface area contributed by atoms with Crippen LogP contribution in [0, 0.1) is 18.8 Å². The van der Waals surface area contributed by atoms with Gasteiger partial charge < -0.3 is 5.32 Å². The Morgan fingerprint density at radius 2 is 2.14 bits per heavy atom. The van der Waals surface area contributed by atoms with Crippen molar-refractivity contribution >= 4 is 27.0 Å². The van der Waals surface area contributed by atoms with Crippen molar-refractivity contribution in [2.24, 2.45) is 11.8 Å². The molecule has 2 heteroatoms. The highest BCUT2D eigenvalue weighted by atomic mass is 32.1. The zero-order chi connectivity index (χ0) is 14.4. The molecule has 1 heterocycles. The zero-order valence-corrected chi connectivity index (χ0v) is 13.7. The first-order valence-corrected chi connectivity index (χ1v) is 8.93. The second-order valence-electron chi connectivity index (χ2n) is 6.78. The minimum Gasteiger partial charge on any atom is -0.316 e. The summed E-state index contributed by atoms with van der Waals surface area (Å²) >= 11 is 1.99. The Labute approximate surface area is 131 Å². The molecule has 2 aromatic rings. The molecule has 21 heavy (non-hydrogen) atoms. The van der Waals surface area contributed by atoms with E-state index in [9.17, 15) is 0 Å². The monoisotopic (exact) mass is 297 g/mol. The lowest BCUT2D eigenvalue weighted by Gasteiger charge is -2.26. The van der Waals surface area contributed by atoms with E-state index in [2.05, 4.69) is 43.6 Å². The van der Waals surface area contributed by atoms with Crippen molar-refractivity contribution in [1.29, 1.82) is 0 Å². The number of fused-ring (bicyclic) bond motifs is 3. The molecule has 0 aliphatic heterocycles. The van der Waals surface area contributed by atoms with Crippen LogP contribution in [0.5, 0.6) is 0 Å². The molecule has 1 saturated carbocycles. The van der Waals surface area contributed by atoms with Crippen LogP contribution in [0.1, 0.15) is 36.1 Å². The van der Waals surface area contributed by atoms with E-state index in [1.807, 2.05) is 11.3 Å². The van der Waals surface area contributed by atoms with E-state index in [-0.39, 0.29) is 0 Å². The molecule has 0 radical (unpaired) electrons. The van der Waals surface area contributed by atoms with Gasteiger partial charge in [-0.25, -0.2) is 0 Å². The molecule has 2 aliphatic carbocycles. The molecule has 1 aromatic carbocycles. The van der Waals surface area contributed by atoms with Crippen molar-refractivity contribution in [3.8, 4) is 0 Å². The number of nitrogens with one attached hydrogen (secondary N) is 1. The van der Waals surface area contributed by atoms with Gasteiger partial charge in [-0.15, -0.1) is 11.3 Å². The Balaban J connectivity index is 1.83. The predicted molar refractivity (Wildman–Crippen MR) is 92.9 cm³/mol. The molecule has 0 spiro atoms. The van der Waals surface area contributed by atoms with E-state index in [1.54, 1.807) is 11.1 Å². The average Bonchev–Trinajstić information content (AvgIpc) is 3.03. The Morgan fingerprint density at radius 3 is 3.00 bits per heavy atom. The third-order valence-electron chi connectivity index (χ3n) is 5.19. The lowest BCUT2D eigenvalue weighted by molar-refractivity contribution is 0.503. The van der Waals surface area contributed by atoms with E-state index in [0.29, 0.717) is 0 Å². The predicted octanol–water partition coefficient (Wildman–Crippen LogP) is 5.00. The fraction of sp³-hybridized carbons (Fsp3) is 0.474. The van der Waals surface area contributed by atoms with Gasteiger partial charge in [-0.2, -0.15) is 0 Å². The Hall–Kier alpha value is -1.12. The first-order valence-electron chi connectivity index (χ1n) is 8.11. The van der Waals surface area contributed by atoms with Crippen LogP contribution in [-0.2, 0) is 0 Å². The summed E-state index contributed by atoms with van der Waals surface area (Å²) in [6, 6.07) is 9.29. The lowest BCUT2D eigenvalue weighted by Crippen LogP contribution is -2.18. The number of benzene rings is 1. The average molecular weight is 297 g/mol. The molecule has 4 rings (SSSR count). The summed E-state index contributed by atoms with van der Waals surface area (Å²) in [6.07, 6.45) is 5.58. The molecule has 1 N–H and O–H groups in total. The summed E-state index contributed by atoms with van der Waals surface area (Å²) < 4.78 is 1.44. The molecule has 1 aromatic heterocycles. The maximum Gasteiger partial charge on any atom is 0.0349 e. The van der Waals surface area contributed by atoms with Crippen molar-refractivity contribution in [1.82, 2.24) is 5.32 Å². The van der Waals surface area contributed by atoms with Gasteiger partial charge in [0.1, 0.15) is 0 Å². The first-order chi connectivity index (χ1) is 10.2. The first kappa shape index (κ1) is 13.5. The highest BCUT2D eigenvalue weighted by Crippen LogP contribution is 2.50. The second kappa shape index (κ2) is 5.26. The maximum absolute atomic E-state index is 3.40. The second-order valence-corrected chi connectivity index (χ2v) is 7.86. The number of aryl methyl sites for hydroxylation is 1. The Kier molecular flexibility index (Phi) is 3.39.